The molecule has 3 nitrogen and oxygen atoms in total. The lowest BCUT2D eigenvalue weighted by Crippen LogP contribution is -2.02. The molecule has 1 heterocycles. The molecule has 0 saturated carbocycles. The monoisotopic (exact) mass is 456 g/mol. The molecule has 0 radical (unpaired) electrons. The summed E-state index contributed by atoms with van der Waals surface area (Å²) >= 11 is 0. The SMILES string of the molecule is COc1ccc(-c2cc(-c3ccccc3)[o+]c(-c3ccc(OC)cc3)c2)cc1.F[B-](F)(F)F. The minimum atomic E-state index is -6.00. The third-order valence-electron chi connectivity index (χ3n) is 4.65. The zero-order valence-electron chi connectivity index (χ0n) is 18.0. The average Bonchev–Trinajstić information content (AvgIpc) is 2.83. The summed E-state index contributed by atoms with van der Waals surface area (Å²) in [6.45, 7) is 0. The van der Waals surface area contributed by atoms with Crippen LogP contribution in [0, 0.1) is 0 Å². The minimum Gasteiger partial charge on any atom is -0.497 e. The first kappa shape index (κ1) is 23.8. The Morgan fingerprint density at radius 1 is 0.545 bits per heavy atom. The van der Waals surface area contributed by atoms with E-state index >= 15 is 0 Å². The minimum absolute atomic E-state index is 0.801. The third kappa shape index (κ3) is 7.10. The van der Waals surface area contributed by atoms with Crippen LogP contribution in [0.25, 0.3) is 33.8 Å². The highest BCUT2D eigenvalue weighted by Crippen LogP contribution is 2.34. The molecule has 0 aliphatic heterocycles. The fraction of sp³-hybridized carbons (Fsp3) is 0.0800. The molecule has 8 heteroatoms. The molecule has 0 aliphatic rings. The highest BCUT2D eigenvalue weighted by atomic mass is 19.5. The van der Waals surface area contributed by atoms with Gasteiger partial charge in [-0.15, -0.1) is 0 Å². The third-order valence-corrected chi connectivity index (χ3v) is 4.65. The Labute approximate surface area is 189 Å². The molecule has 0 spiro atoms. The van der Waals surface area contributed by atoms with E-state index in [1.54, 1.807) is 14.2 Å². The second-order valence-electron chi connectivity index (χ2n) is 6.89. The van der Waals surface area contributed by atoms with Gasteiger partial charge in [-0.2, -0.15) is 0 Å². The van der Waals surface area contributed by atoms with Crippen molar-refractivity contribution < 1.29 is 31.2 Å². The van der Waals surface area contributed by atoms with Gasteiger partial charge in [0, 0.05) is 5.56 Å². The molecule has 3 aromatic carbocycles. The fourth-order valence-electron chi connectivity index (χ4n) is 3.09. The molecule has 0 bridgehead atoms. The fourth-order valence-corrected chi connectivity index (χ4v) is 3.09. The zero-order chi connectivity index (χ0) is 23.8. The Morgan fingerprint density at radius 3 is 1.36 bits per heavy atom. The van der Waals surface area contributed by atoms with Crippen molar-refractivity contribution in [3.05, 3.63) is 91.0 Å². The summed E-state index contributed by atoms with van der Waals surface area (Å²) in [4.78, 5) is 0. The van der Waals surface area contributed by atoms with E-state index in [9.17, 15) is 17.3 Å². The van der Waals surface area contributed by atoms with Crippen LogP contribution in [-0.4, -0.2) is 21.5 Å². The predicted molar refractivity (Wildman–Crippen MR) is 123 cm³/mol. The summed E-state index contributed by atoms with van der Waals surface area (Å²) in [5.41, 5.74) is 4.21. The maximum absolute atomic E-state index is 9.75. The summed E-state index contributed by atoms with van der Waals surface area (Å²) in [5, 5.41) is 0. The number of halogens is 4. The molecular formula is C25H21BF4O3. The topological polar surface area (TPSA) is 29.8 Å². The second kappa shape index (κ2) is 10.7. The zero-order valence-corrected chi connectivity index (χ0v) is 18.0. The normalized spacial score (nSPS) is 10.7. The van der Waals surface area contributed by atoms with E-state index in [0.29, 0.717) is 0 Å². The lowest BCUT2D eigenvalue weighted by molar-refractivity contribution is 0.368. The average molecular weight is 456 g/mol. The maximum atomic E-state index is 9.75. The Balaban J connectivity index is 0.000000555. The van der Waals surface area contributed by atoms with Gasteiger partial charge < -0.3 is 26.7 Å². The Bertz CT molecular complexity index is 1090. The van der Waals surface area contributed by atoms with Gasteiger partial charge in [0.1, 0.15) is 11.5 Å². The van der Waals surface area contributed by atoms with Crippen LogP contribution in [0.5, 0.6) is 11.5 Å². The van der Waals surface area contributed by atoms with Crippen molar-refractivity contribution in [2.75, 3.05) is 14.2 Å². The molecular weight excluding hydrogens is 435 g/mol. The summed E-state index contributed by atoms with van der Waals surface area (Å²) in [5.74, 6) is 3.27. The number of ether oxygens (including phenoxy) is 2. The van der Waals surface area contributed by atoms with E-state index in [1.165, 1.54) is 0 Å². The van der Waals surface area contributed by atoms with Gasteiger partial charge in [-0.1, -0.05) is 30.3 Å². The first-order valence-corrected chi connectivity index (χ1v) is 9.96. The number of methoxy groups -OCH3 is 2. The number of hydrogen-bond donors (Lipinski definition) is 0. The molecule has 4 aromatic rings. The molecule has 1 aromatic heterocycles. The van der Waals surface area contributed by atoms with Gasteiger partial charge in [-0.05, 0) is 54.1 Å². The number of hydrogen-bond acceptors (Lipinski definition) is 2. The van der Waals surface area contributed by atoms with Crippen molar-refractivity contribution in [2.24, 2.45) is 0 Å². The highest BCUT2D eigenvalue weighted by Gasteiger charge is 2.21. The first-order chi connectivity index (χ1) is 15.8. The van der Waals surface area contributed by atoms with Gasteiger partial charge in [-0.3, -0.25) is 0 Å². The summed E-state index contributed by atoms with van der Waals surface area (Å²) < 4.78 is 55.8. The van der Waals surface area contributed by atoms with Crippen LogP contribution >= 0.6 is 0 Å². The molecule has 0 atom stereocenters. The lowest BCUT2D eigenvalue weighted by Gasteiger charge is -2.04. The van der Waals surface area contributed by atoms with Crippen LogP contribution in [0.1, 0.15) is 0 Å². The predicted octanol–water partition coefficient (Wildman–Crippen LogP) is 7.88. The van der Waals surface area contributed by atoms with Crippen molar-refractivity contribution in [3.8, 4) is 45.3 Å². The van der Waals surface area contributed by atoms with E-state index in [2.05, 4.69) is 36.4 Å². The molecule has 0 N–H and O–H groups in total. The number of rotatable bonds is 5. The molecule has 0 aliphatic carbocycles. The van der Waals surface area contributed by atoms with E-state index < -0.39 is 7.25 Å². The second-order valence-corrected chi connectivity index (χ2v) is 6.89. The molecule has 0 unspecified atom stereocenters. The van der Waals surface area contributed by atoms with Crippen molar-refractivity contribution >= 4 is 7.25 Å². The molecule has 33 heavy (non-hydrogen) atoms. The van der Waals surface area contributed by atoms with Gasteiger partial charge >= 0.3 is 18.8 Å². The van der Waals surface area contributed by atoms with Gasteiger partial charge in [0.25, 0.3) is 0 Å². The maximum Gasteiger partial charge on any atom is 0.673 e. The van der Waals surface area contributed by atoms with Crippen LogP contribution in [0.3, 0.4) is 0 Å². The number of benzene rings is 3. The van der Waals surface area contributed by atoms with E-state index in [-0.39, 0.29) is 0 Å². The lowest BCUT2D eigenvalue weighted by atomic mass is 10.0. The van der Waals surface area contributed by atoms with Crippen LogP contribution in [-0.2, 0) is 0 Å². The quantitative estimate of drug-likeness (QED) is 0.174. The van der Waals surface area contributed by atoms with Crippen LogP contribution in [0.2, 0.25) is 0 Å². The van der Waals surface area contributed by atoms with Crippen molar-refractivity contribution in [2.45, 2.75) is 0 Å². The molecule has 0 fully saturated rings. The van der Waals surface area contributed by atoms with Gasteiger partial charge in [-0.25, -0.2) is 4.42 Å². The van der Waals surface area contributed by atoms with E-state index in [1.807, 2.05) is 54.6 Å². The molecule has 0 saturated heterocycles. The van der Waals surface area contributed by atoms with Crippen molar-refractivity contribution in [1.82, 2.24) is 0 Å². The van der Waals surface area contributed by atoms with Crippen LogP contribution < -0.4 is 9.47 Å². The van der Waals surface area contributed by atoms with Crippen molar-refractivity contribution in [3.63, 3.8) is 0 Å². The standard InChI is InChI=1S/C25H21O3.BF4/c1-26-22-12-8-18(9-13-22)21-16-24(19-6-4-3-5-7-19)28-25(17-21)20-10-14-23(27-2)15-11-20;2-1(3,4)5/h3-17H,1-2H3;/q+1;-1. The van der Waals surface area contributed by atoms with Gasteiger partial charge in [0.15, 0.2) is 0 Å². The van der Waals surface area contributed by atoms with Crippen molar-refractivity contribution in [1.29, 1.82) is 0 Å². The highest BCUT2D eigenvalue weighted by molar-refractivity contribution is 6.50. The molecule has 0 amide bonds. The van der Waals surface area contributed by atoms with Crippen LogP contribution in [0.15, 0.2) is 95.4 Å². The summed E-state index contributed by atoms with van der Waals surface area (Å²) in [6, 6.07) is 30.2. The van der Waals surface area contributed by atoms with Gasteiger partial charge in [0.2, 0.25) is 0 Å². The molecule has 4 rings (SSSR count). The molecule has 170 valence electrons. The Morgan fingerprint density at radius 2 is 0.939 bits per heavy atom. The largest absolute Gasteiger partial charge is 0.673 e. The van der Waals surface area contributed by atoms with Crippen LogP contribution in [0.4, 0.5) is 17.3 Å². The van der Waals surface area contributed by atoms with Gasteiger partial charge in [0.05, 0.1) is 37.5 Å². The summed E-state index contributed by atoms with van der Waals surface area (Å²) in [7, 11) is -2.66. The van der Waals surface area contributed by atoms with E-state index in [0.717, 1.165) is 45.3 Å². The Kier molecular flexibility index (Phi) is 7.72. The Hall–Kier alpha value is -3.81. The summed E-state index contributed by atoms with van der Waals surface area (Å²) in [6.07, 6.45) is 0. The smallest absolute Gasteiger partial charge is 0.497 e. The van der Waals surface area contributed by atoms with E-state index in [4.69, 9.17) is 13.9 Å². The first-order valence-electron chi connectivity index (χ1n) is 9.96.